The number of hydrogen-bond acceptors (Lipinski definition) is 5. The molecule has 5 atom stereocenters. The van der Waals surface area contributed by atoms with Gasteiger partial charge in [0, 0.05) is 18.6 Å². The van der Waals surface area contributed by atoms with Gasteiger partial charge < -0.3 is 25.7 Å². The lowest BCUT2D eigenvalue weighted by molar-refractivity contribution is -0.0662. The summed E-state index contributed by atoms with van der Waals surface area (Å²) in [6.07, 6.45) is 6.06. The van der Waals surface area contributed by atoms with E-state index >= 15 is 0 Å². The molecule has 0 aromatic carbocycles. The molecular formula is C15H31NO4. The van der Waals surface area contributed by atoms with Gasteiger partial charge in [-0.15, -0.1) is 0 Å². The van der Waals surface area contributed by atoms with Crippen LogP contribution < -0.4 is 5.32 Å². The van der Waals surface area contributed by atoms with Crippen LogP contribution in [-0.2, 0) is 0 Å². The van der Waals surface area contributed by atoms with Gasteiger partial charge in [-0.1, -0.05) is 39.0 Å². The molecule has 20 heavy (non-hydrogen) atoms. The van der Waals surface area contributed by atoms with E-state index in [9.17, 15) is 15.3 Å². The Labute approximate surface area is 122 Å². The summed E-state index contributed by atoms with van der Waals surface area (Å²) in [6, 6.07) is -0.369. The van der Waals surface area contributed by atoms with Gasteiger partial charge in [0.15, 0.2) is 0 Å². The molecule has 5 N–H and O–H groups in total. The van der Waals surface area contributed by atoms with Crippen molar-refractivity contribution in [2.75, 3.05) is 13.2 Å². The predicted molar refractivity (Wildman–Crippen MR) is 78.4 cm³/mol. The zero-order valence-electron chi connectivity index (χ0n) is 12.5. The summed E-state index contributed by atoms with van der Waals surface area (Å²) in [7, 11) is 0. The molecule has 0 radical (unpaired) electrons. The number of unbranched alkanes of at least 4 members (excludes halogenated alkanes) is 5. The SMILES string of the molecule is C[C@@H]1[C@@H](O)[C@@H](CCCCCCCCO)N[C@H](CO)[C@H]1O. The van der Waals surface area contributed by atoms with Crippen molar-refractivity contribution in [1.82, 2.24) is 5.32 Å². The van der Waals surface area contributed by atoms with Crippen LogP contribution in [-0.4, -0.2) is 57.9 Å². The first-order valence-corrected chi connectivity index (χ1v) is 7.95. The summed E-state index contributed by atoms with van der Waals surface area (Å²) in [5.41, 5.74) is 0. The third kappa shape index (κ3) is 5.30. The fourth-order valence-corrected chi connectivity index (χ4v) is 3.00. The van der Waals surface area contributed by atoms with Crippen LogP contribution in [0.3, 0.4) is 0 Å². The molecule has 1 aliphatic rings. The lowest BCUT2D eigenvalue weighted by atomic mass is 9.82. The Kier molecular flexibility index (Phi) is 8.64. The molecule has 1 fully saturated rings. The quantitative estimate of drug-likeness (QED) is 0.396. The average molecular weight is 289 g/mol. The van der Waals surface area contributed by atoms with Crippen LogP contribution in [0.15, 0.2) is 0 Å². The maximum absolute atomic E-state index is 10.2. The van der Waals surface area contributed by atoms with Crippen LogP contribution >= 0.6 is 0 Å². The molecule has 1 aliphatic heterocycles. The Morgan fingerprint density at radius 1 is 0.800 bits per heavy atom. The lowest BCUT2D eigenvalue weighted by Gasteiger charge is -2.42. The topological polar surface area (TPSA) is 93.0 Å². The molecule has 0 unspecified atom stereocenters. The van der Waals surface area contributed by atoms with Crippen molar-refractivity contribution in [3.63, 3.8) is 0 Å². The third-order valence-electron chi connectivity index (χ3n) is 4.45. The second-order valence-corrected chi connectivity index (χ2v) is 6.04. The standard InChI is InChI=1S/C15H31NO4/c1-11-14(19)12(16-13(10-18)15(11)20)8-6-4-2-3-5-7-9-17/h11-20H,2-10H2,1H3/t11-,12-,13-,14-,15+/m1/s1. The molecular weight excluding hydrogens is 258 g/mol. The van der Waals surface area contributed by atoms with Crippen molar-refractivity contribution in [2.24, 2.45) is 5.92 Å². The fourth-order valence-electron chi connectivity index (χ4n) is 3.00. The van der Waals surface area contributed by atoms with Gasteiger partial charge in [0.05, 0.1) is 24.9 Å². The van der Waals surface area contributed by atoms with Crippen molar-refractivity contribution in [3.8, 4) is 0 Å². The monoisotopic (exact) mass is 289 g/mol. The molecule has 1 heterocycles. The van der Waals surface area contributed by atoms with E-state index in [0.717, 1.165) is 44.9 Å². The normalized spacial score (nSPS) is 34.4. The first kappa shape index (κ1) is 17.9. The molecule has 5 heteroatoms. The number of piperidine rings is 1. The highest BCUT2D eigenvalue weighted by molar-refractivity contribution is 4.95. The summed E-state index contributed by atoms with van der Waals surface area (Å²) in [4.78, 5) is 0. The van der Waals surface area contributed by atoms with Crippen LogP contribution in [0.2, 0.25) is 0 Å². The van der Waals surface area contributed by atoms with E-state index < -0.39 is 12.2 Å². The number of rotatable bonds is 9. The van der Waals surface area contributed by atoms with Gasteiger partial charge in [-0.3, -0.25) is 0 Å². The Balaban J connectivity index is 2.21. The number of aliphatic hydroxyl groups excluding tert-OH is 4. The molecule has 1 rings (SSSR count). The molecule has 1 saturated heterocycles. The Morgan fingerprint density at radius 3 is 1.95 bits per heavy atom. The van der Waals surface area contributed by atoms with E-state index in [0.29, 0.717) is 0 Å². The maximum Gasteiger partial charge on any atom is 0.0766 e. The third-order valence-corrected chi connectivity index (χ3v) is 4.45. The van der Waals surface area contributed by atoms with Crippen molar-refractivity contribution >= 4 is 0 Å². The molecule has 0 aliphatic carbocycles. The van der Waals surface area contributed by atoms with Crippen LogP contribution in [0, 0.1) is 5.92 Å². The minimum absolute atomic E-state index is 0.0389. The average Bonchev–Trinajstić information content (AvgIpc) is 2.46. The Morgan fingerprint density at radius 2 is 1.35 bits per heavy atom. The van der Waals surface area contributed by atoms with Crippen LogP contribution in [0.4, 0.5) is 0 Å². The zero-order chi connectivity index (χ0) is 15.0. The lowest BCUT2D eigenvalue weighted by Crippen LogP contribution is -2.62. The number of aliphatic hydroxyl groups is 4. The fraction of sp³-hybridized carbons (Fsp3) is 1.00. The minimum atomic E-state index is -0.690. The summed E-state index contributed by atoms with van der Waals surface area (Å²) in [5, 5.41) is 41.2. The summed E-state index contributed by atoms with van der Waals surface area (Å²) >= 11 is 0. The van der Waals surface area contributed by atoms with E-state index in [2.05, 4.69) is 5.32 Å². The van der Waals surface area contributed by atoms with Gasteiger partial charge >= 0.3 is 0 Å². The second kappa shape index (κ2) is 9.68. The van der Waals surface area contributed by atoms with Crippen LogP contribution in [0.5, 0.6) is 0 Å². The number of hydrogen-bond donors (Lipinski definition) is 5. The van der Waals surface area contributed by atoms with Gasteiger partial charge in [0.1, 0.15) is 0 Å². The van der Waals surface area contributed by atoms with E-state index in [1.165, 1.54) is 0 Å². The van der Waals surface area contributed by atoms with Crippen molar-refractivity contribution in [2.45, 2.75) is 76.2 Å². The molecule has 120 valence electrons. The van der Waals surface area contributed by atoms with E-state index in [1.807, 2.05) is 6.92 Å². The maximum atomic E-state index is 10.2. The van der Waals surface area contributed by atoms with E-state index in [4.69, 9.17) is 5.11 Å². The predicted octanol–water partition coefficient (Wildman–Crippen LogP) is 0.400. The molecule has 0 amide bonds. The van der Waals surface area contributed by atoms with Gasteiger partial charge in [0.25, 0.3) is 0 Å². The van der Waals surface area contributed by atoms with Crippen LogP contribution in [0.1, 0.15) is 51.9 Å². The zero-order valence-corrected chi connectivity index (χ0v) is 12.5. The largest absolute Gasteiger partial charge is 0.396 e. The Bertz CT molecular complexity index is 250. The molecule has 0 aromatic rings. The Hall–Kier alpha value is -0.200. The highest BCUT2D eigenvalue weighted by atomic mass is 16.3. The van der Waals surface area contributed by atoms with Gasteiger partial charge in [-0.2, -0.15) is 0 Å². The highest BCUT2D eigenvalue weighted by Gasteiger charge is 2.39. The van der Waals surface area contributed by atoms with E-state index in [1.54, 1.807) is 0 Å². The molecule has 0 bridgehead atoms. The van der Waals surface area contributed by atoms with E-state index in [-0.39, 0.29) is 31.2 Å². The van der Waals surface area contributed by atoms with Crippen LogP contribution in [0.25, 0.3) is 0 Å². The first-order valence-electron chi connectivity index (χ1n) is 7.95. The molecule has 0 saturated carbocycles. The van der Waals surface area contributed by atoms with Crippen molar-refractivity contribution in [1.29, 1.82) is 0 Å². The van der Waals surface area contributed by atoms with Gasteiger partial charge in [-0.25, -0.2) is 0 Å². The van der Waals surface area contributed by atoms with Crippen molar-refractivity contribution < 1.29 is 20.4 Å². The summed E-state index contributed by atoms with van der Waals surface area (Å²) in [5.74, 6) is -0.206. The summed E-state index contributed by atoms with van der Waals surface area (Å²) < 4.78 is 0. The smallest absolute Gasteiger partial charge is 0.0766 e. The minimum Gasteiger partial charge on any atom is -0.396 e. The molecule has 0 aromatic heterocycles. The first-order chi connectivity index (χ1) is 9.61. The van der Waals surface area contributed by atoms with Gasteiger partial charge in [-0.05, 0) is 12.8 Å². The highest BCUT2D eigenvalue weighted by Crippen LogP contribution is 2.24. The molecule has 0 spiro atoms. The molecule has 5 nitrogen and oxygen atoms in total. The van der Waals surface area contributed by atoms with Crippen molar-refractivity contribution in [3.05, 3.63) is 0 Å². The van der Waals surface area contributed by atoms with Gasteiger partial charge in [0.2, 0.25) is 0 Å². The second-order valence-electron chi connectivity index (χ2n) is 6.04. The summed E-state index contributed by atoms with van der Waals surface area (Å²) in [6.45, 7) is 2.01. The number of nitrogens with one attached hydrogen (secondary N) is 1.